The van der Waals surface area contributed by atoms with E-state index in [9.17, 15) is 19.1 Å². The van der Waals surface area contributed by atoms with Crippen LogP contribution in [0.1, 0.15) is 54.7 Å². The maximum absolute atomic E-state index is 13.3. The highest BCUT2D eigenvalue weighted by Gasteiger charge is 2.18. The summed E-state index contributed by atoms with van der Waals surface area (Å²) in [5.41, 5.74) is 1.85. The van der Waals surface area contributed by atoms with E-state index in [0.717, 1.165) is 11.6 Å². The van der Waals surface area contributed by atoms with Crippen molar-refractivity contribution in [2.75, 3.05) is 0 Å². The molecule has 0 aliphatic heterocycles. The van der Waals surface area contributed by atoms with Crippen molar-refractivity contribution in [1.82, 2.24) is 5.32 Å². The van der Waals surface area contributed by atoms with Crippen LogP contribution < -0.4 is 10.4 Å². The number of hydrogen-bond acceptors (Lipinski definition) is 3. The molecule has 1 N–H and O–H groups in total. The highest BCUT2D eigenvalue weighted by molar-refractivity contribution is 5.94. The first-order chi connectivity index (χ1) is 11.7. The molecule has 1 atom stereocenters. The summed E-state index contributed by atoms with van der Waals surface area (Å²) < 4.78 is 13.3. The highest BCUT2D eigenvalue weighted by Crippen LogP contribution is 2.25. The van der Waals surface area contributed by atoms with E-state index in [0.29, 0.717) is 5.56 Å². The molecule has 0 spiro atoms. The van der Waals surface area contributed by atoms with E-state index in [1.807, 2.05) is 12.1 Å². The first-order valence-corrected chi connectivity index (χ1v) is 8.03. The Kier molecular flexibility index (Phi) is 5.57. The zero-order valence-corrected chi connectivity index (χ0v) is 14.5. The molecule has 0 aliphatic rings. The second-order valence-corrected chi connectivity index (χ2v) is 6.98. The van der Waals surface area contributed by atoms with Gasteiger partial charge in [-0.25, -0.2) is 4.39 Å². The molecule has 0 saturated carbocycles. The maximum atomic E-state index is 13.3. The Labute approximate surface area is 146 Å². The number of amides is 1. The Morgan fingerprint density at radius 2 is 1.76 bits per heavy atom. The maximum Gasteiger partial charge on any atom is 0.251 e. The van der Waals surface area contributed by atoms with Crippen LogP contribution in [0, 0.1) is 5.82 Å². The molecule has 0 radical (unpaired) electrons. The Balaban J connectivity index is 2.24. The summed E-state index contributed by atoms with van der Waals surface area (Å²) in [4.78, 5) is 23.4. The molecule has 0 saturated heterocycles. The largest absolute Gasteiger partial charge is 0.550 e. The third-order valence-corrected chi connectivity index (χ3v) is 3.94. The first kappa shape index (κ1) is 18.6. The van der Waals surface area contributed by atoms with E-state index < -0.39 is 23.7 Å². The minimum absolute atomic E-state index is 0.0345. The van der Waals surface area contributed by atoms with Crippen LogP contribution in [0.3, 0.4) is 0 Å². The summed E-state index contributed by atoms with van der Waals surface area (Å²) >= 11 is 0. The van der Waals surface area contributed by atoms with E-state index >= 15 is 0 Å². The van der Waals surface area contributed by atoms with Crippen LogP contribution >= 0.6 is 0 Å². The van der Waals surface area contributed by atoms with Gasteiger partial charge in [-0.3, -0.25) is 4.79 Å². The molecular weight excluding hydrogens is 321 g/mol. The number of hydrogen-bond donors (Lipinski definition) is 1. The minimum atomic E-state index is -1.27. The average molecular weight is 342 g/mol. The number of carboxylic acids is 1. The molecule has 0 unspecified atom stereocenters. The van der Waals surface area contributed by atoms with Gasteiger partial charge in [-0.1, -0.05) is 51.1 Å². The molecule has 2 aromatic rings. The van der Waals surface area contributed by atoms with Crippen molar-refractivity contribution < 1.29 is 19.1 Å². The molecular formula is C20H21FNO3-. The van der Waals surface area contributed by atoms with Crippen molar-refractivity contribution in [3.05, 3.63) is 71.0 Å². The van der Waals surface area contributed by atoms with E-state index in [4.69, 9.17) is 0 Å². The molecule has 25 heavy (non-hydrogen) atoms. The third-order valence-electron chi connectivity index (χ3n) is 3.94. The molecule has 0 aliphatic carbocycles. The van der Waals surface area contributed by atoms with Gasteiger partial charge in [-0.05, 0) is 34.7 Å². The minimum Gasteiger partial charge on any atom is -0.550 e. The quantitative estimate of drug-likeness (QED) is 0.908. The smallest absolute Gasteiger partial charge is 0.251 e. The van der Waals surface area contributed by atoms with Crippen LogP contribution in [0.5, 0.6) is 0 Å². The normalized spacial score (nSPS) is 12.5. The van der Waals surface area contributed by atoms with E-state index in [-0.39, 0.29) is 17.4 Å². The summed E-state index contributed by atoms with van der Waals surface area (Å²) in [7, 11) is 0. The van der Waals surface area contributed by atoms with Crippen molar-refractivity contribution in [2.24, 2.45) is 0 Å². The van der Waals surface area contributed by atoms with Crippen LogP contribution in [-0.2, 0) is 10.2 Å². The number of carbonyl (C=O) groups is 2. The fourth-order valence-corrected chi connectivity index (χ4v) is 2.51. The molecule has 132 valence electrons. The van der Waals surface area contributed by atoms with Crippen molar-refractivity contribution in [2.45, 2.75) is 38.6 Å². The second kappa shape index (κ2) is 7.47. The molecule has 0 heterocycles. The van der Waals surface area contributed by atoms with Crippen molar-refractivity contribution in [3.63, 3.8) is 0 Å². The number of carboxylic acid groups (broad SMARTS) is 1. The molecule has 5 heteroatoms. The number of benzene rings is 2. The monoisotopic (exact) mass is 342 g/mol. The fourth-order valence-electron chi connectivity index (χ4n) is 2.51. The number of carbonyl (C=O) groups excluding carboxylic acids is 2. The predicted octanol–water partition coefficient (Wildman–Crippen LogP) is 2.73. The van der Waals surface area contributed by atoms with Gasteiger partial charge in [0.1, 0.15) is 5.82 Å². The first-order valence-electron chi connectivity index (χ1n) is 8.03. The van der Waals surface area contributed by atoms with Crippen molar-refractivity contribution in [1.29, 1.82) is 0 Å². The third kappa shape index (κ3) is 5.14. The number of halogens is 1. The van der Waals surface area contributed by atoms with Crippen LogP contribution in [0.4, 0.5) is 4.39 Å². The van der Waals surface area contributed by atoms with Gasteiger partial charge in [-0.15, -0.1) is 0 Å². The standard InChI is InChI=1S/C20H22FNO3/c1-20(2,3)15-9-7-13(8-10-15)17(12-18(23)24)22-19(25)14-5-4-6-16(21)11-14/h4-11,17H,12H2,1-3H3,(H,22,25)(H,23,24)/p-1/t17-/m1/s1. The van der Waals surface area contributed by atoms with Gasteiger partial charge < -0.3 is 15.2 Å². The van der Waals surface area contributed by atoms with Gasteiger partial charge in [0.25, 0.3) is 5.91 Å². The summed E-state index contributed by atoms with van der Waals surface area (Å²) in [6, 6.07) is 11.9. The van der Waals surface area contributed by atoms with Crippen molar-refractivity contribution >= 4 is 11.9 Å². The topological polar surface area (TPSA) is 69.2 Å². The Morgan fingerprint density at radius 1 is 1.12 bits per heavy atom. The molecule has 4 nitrogen and oxygen atoms in total. The van der Waals surface area contributed by atoms with E-state index in [1.54, 1.807) is 12.1 Å². The van der Waals surface area contributed by atoms with Gasteiger partial charge in [0, 0.05) is 18.0 Å². The molecule has 0 fully saturated rings. The fraction of sp³-hybridized carbons (Fsp3) is 0.300. The summed E-state index contributed by atoms with van der Waals surface area (Å²) in [6.07, 6.45) is -0.365. The average Bonchev–Trinajstić information content (AvgIpc) is 2.53. The van der Waals surface area contributed by atoms with Gasteiger partial charge in [0.15, 0.2) is 0 Å². The zero-order valence-electron chi connectivity index (χ0n) is 14.5. The molecule has 1 amide bonds. The molecule has 2 rings (SSSR count). The molecule has 2 aromatic carbocycles. The highest BCUT2D eigenvalue weighted by atomic mass is 19.1. The summed E-state index contributed by atoms with van der Waals surface area (Å²) in [5, 5.41) is 13.7. The molecule has 0 aromatic heterocycles. The van der Waals surface area contributed by atoms with Crippen LogP contribution in [0.2, 0.25) is 0 Å². The van der Waals surface area contributed by atoms with Gasteiger partial charge in [0.2, 0.25) is 0 Å². The van der Waals surface area contributed by atoms with Crippen LogP contribution in [-0.4, -0.2) is 11.9 Å². The van der Waals surface area contributed by atoms with E-state index in [1.165, 1.54) is 18.2 Å². The van der Waals surface area contributed by atoms with Gasteiger partial charge >= 0.3 is 0 Å². The Morgan fingerprint density at radius 3 is 2.28 bits per heavy atom. The lowest BCUT2D eigenvalue weighted by Crippen LogP contribution is -2.34. The van der Waals surface area contributed by atoms with Gasteiger partial charge in [0.05, 0.1) is 6.04 Å². The SMILES string of the molecule is CC(C)(C)c1ccc([C@@H](CC(=O)[O-])NC(=O)c2cccc(F)c2)cc1. The van der Waals surface area contributed by atoms with E-state index in [2.05, 4.69) is 26.1 Å². The molecule has 0 bridgehead atoms. The number of aliphatic carboxylic acids is 1. The lowest BCUT2D eigenvalue weighted by molar-refractivity contribution is -0.306. The lowest BCUT2D eigenvalue weighted by Gasteiger charge is -2.23. The van der Waals surface area contributed by atoms with Gasteiger partial charge in [-0.2, -0.15) is 0 Å². The van der Waals surface area contributed by atoms with Crippen LogP contribution in [0.25, 0.3) is 0 Å². The second-order valence-electron chi connectivity index (χ2n) is 6.98. The predicted molar refractivity (Wildman–Crippen MR) is 91.4 cm³/mol. The lowest BCUT2D eigenvalue weighted by atomic mass is 9.86. The number of nitrogens with one attached hydrogen (secondary N) is 1. The summed E-state index contributed by atoms with van der Waals surface area (Å²) in [6.45, 7) is 6.23. The Hall–Kier alpha value is -2.69. The number of rotatable bonds is 5. The van der Waals surface area contributed by atoms with Crippen molar-refractivity contribution in [3.8, 4) is 0 Å². The van der Waals surface area contributed by atoms with Crippen LogP contribution in [0.15, 0.2) is 48.5 Å². The Bertz CT molecular complexity index is 763. The summed E-state index contributed by atoms with van der Waals surface area (Å²) in [5.74, 6) is -2.34. The zero-order chi connectivity index (χ0) is 18.6.